The summed E-state index contributed by atoms with van der Waals surface area (Å²) in [5, 5.41) is 0. The van der Waals surface area contributed by atoms with Gasteiger partial charge < -0.3 is 0 Å². The van der Waals surface area contributed by atoms with Gasteiger partial charge in [0.05, 0.1) is 0 Å². The summed E-state index contributed by atoms with van der Waals surface area (Å²) in [6, 6.07) is 4.00. The predicted octanol–water partition coefficient (Wildman–Crippen LogP) is 2.45. The lowest BCUT2D eigenvalue weighted by Crippen LogP contribution is -1.80. The third-order valence-electron chi connectivity index (χ3n) is 1.90. The van der Waals surface area contributed by atoms with E-state index in [4.69, 9.17) is 0 Å². The first-order chi connectivity index (χ1) is 6.47. The first kappa shape index (κ1) is 7.92. The van der Waals surface area contributed by atoms with Crippen LogP contribution in [0, 0.1) is 0 Å². The van der Waals surface area contributed by atoms with Gasteiger partial charge in [-0.15, -0.1) is 0 Å². The van der Waals surface area contributed by atoms with Crippen molar-refractivity contribution in [3.63, 3.8) is 0 Å². The van der Waals surface area contributed by atoms with E-state index in [1.165, 1.54) is 11.1 Å². The molecule has 1 aromatic rings. The Morgan fingerprint density at radius 1 is 1.15 bits per heavy atom. The molecule has 0 N–H and O–H groups in total. The van der Waals surface area contributed by atoms with E-state index < -0.39 is 0 Å². The molecule has 0 unspecified atom stereocenters. The van der Waals surface area contributed by atoms with Gasteiger partial charge in [-0.05, 0) is 29.3 Å². The average Bonchev–Trinajstić information content (AvgIpc) is 2.47. The maximum atomic E-state index is 4.07. The molecule has 1 aliphatic rings. The van der Waals surface area contributed by atoms with Crippen molar-refractivity contribution in [2.24, 2.45) is 4.99 Å². The Hall–Kier alpha value is -1.70. The SMILES string of the molecule is C1=CC(c2ccncc2)=CCC=N1. The van der Waals surface area contributed by atoms with Crippen LogP contribution in [0.15, 0.2) is 47.9 Å². The van der Waals surface area contributed by atoms with Gasteiger partial charge >= 0.3 is 0 Å². The highest BCUT2D eigenvalue weighted by atomic mass is 14.7. The number of nitrogens with zero attached hydrogens (tertiary/aromatic N) is 2. The van der Waals surface area contributed by atoms with Crippen LogP contribution in [0.25, 0.3) is 5.57 Å². The normalized spacial score (nSPS) is 15.2. The van der Waals surface area contributed by atoms with Crippen molar-refractivity contribution in [1.29, 1.82) is 0 Å². The predicted molar refractivity (Wildman–Crippen MR) is 54.5 cm³/mol. The molecule has 0 atom stereocenters. The van der Waals surface area contributed by atoms with Crippen molar-refractivity contribution in [2.45, 2.75) is 6.42 Å². The summed E-state index contributed by atoms with van der Waals surface area (Å²) in [4.78, 5) is 8.05. The Labute approximate surface area is 77.4 Å². The maximum Gasteiger partial charge on any atom is 0.0273 e. The lowest BCUT2D eigenvalue weighted by molar-refractivity contribution is 1.32. The molecule has 0 spiro atoms. The van der Waals surface area contributed by atoms with Crippen molar-refractivity contribution < 1.29 is 0 Å². The molecule has 0 saturated carbocycles. The van der Waals surface area contributed by atoms with Crippen LogP contribution in [0.1, 0.15) is 12.0 Å². The van der Waals surface area contributed by atoms with E-state index in [9.17, 15) is 0 Å². The highest BCUT2D eigenvalue weighted by molar-refractivity contribution is 5.78. The van der Waals surface area contributed by atoms with Crippen LogP contribution in [0.3, 0.4) is 0 Å². The van der Waals surface area contributed by atoms with Gasteiger partial charge in [-0.25, -0.2) is 0 Å². The van der Waals surface area contributed by atoms with Crippen LogP contribution in [-0.2, 0) is 0 Å². The van der Waals surface area contributed by atoms with Crippen LogP contribution in [0.4, 0.5) is 0 Å². The second-order valence-electron chi connectivity index (χ2n) is 2.78. The second kappa shape index (κ2) is 3.81. The molecule has 1 aromatic heterocycles. The minimum Gasteiger partial charge on any atom is -0.269 e. The molecule has 0 fully saturated rings. The van der Waals surface area contributed by atoms with Crippen molar-refractivity contribution in [2.75, 3.05) is 0 Å². The lowest BCUT2D eigenvalue weighted by atomic mass is 10.1. The molecule has 0 saturated heterocycles. The number of aliphatic imine (C=N–C) groups is 1. The fourth-order valence-corrected chi connectivity index (χ4v) is 1.25. The number of hydrogen-bond donors (Lipinski definition) is 0. The molecule has 2 nitrogen and oxygen atoms in total. The zero-order valence-electron chi connectivity index (χ0n) is 7.22. The van der Waals surface area contributed by atoms with Gasteiger partial charge in [-0.1, -0.05) is 6.08 Å². The molecular weight excluding hydrogens is 160 g/mol. The van der Waals surface area contributed by atoms with E-state index in [0.717, 1.165) is 6.42 Å². The van der Waals surface area contributed by atoms with Gasteiger partial charge in [0.1, 0.15) is 0 Å². The molecule has 0 bridgehead atoms. The van der Waals surface area contributed by atoms with E-state index in [2.05, 4.69) is 16.1 Å². The van der Waals surface area contributed by atoms with Crippen molar-refractivity contribution >= 4 is 11.8 Å². The van der Waals surface area contributed by atoms with Crippen LogP contribution in [0.2, 0.25) is 0 Å². The highest BCUT2D eigenvalue weighted by Gasteiger charge is 1.96. The Bertz CT molecular complexity index is 361. The fourth-order valence-electron chi connectivity index (χ4n) is 1.25. The smallest absolute Gasteiger partial charge is 0.0273 e. The first-order valence-corrected chi connectivity index (χ1v) is 4.25. The molecule has 2 rings (SSSR count). The van der Waals surface area contributed by atoms with E-state index in [1.54, 1.807) is 12.4 Å². The molecule has 2 heteroatoms. The lowest BCUT2D eigenvalue weighted by Gasteiger charge is -1.99. The topological polar surface area (TPSA) is 25.2 Å². The van der Waals surface area contributed by atoms with Gasteiger partial charge in [0.25, 0.3) is 0 Å². The summed E-state index contributed by atoms with van der Waals surface area (Å²) < 4.78 is 0. The summed E-state index contributed by atoms with van der Waals surface area (Å²) in [5.41, 5.74) is 2.40. The monoisotopic (exact) mass is 170 g/mol. The van der Waals surface area contributed by atoms with Gasteiger partial charge in [0.2, 0.25) is 0 Å². The Balaban J connectivity index is 2.32. The summed E-state index contributed by atoms with van der Waals surface area (Å²) >= 11 is 0. The minimum atomic E-state index is 0.894. The van der Waals surface area contributed by atoms with Crippen molar-refractivity contribution in [3.8, 4) is 0 Å². The molecule has 0 amide bonds. The summed E-state index contributed by atoms with van der Waals surface area (Å²) in [6.07, 6.45) is 12.4. The molecule has 64 valence electrons. The molecule has 0 radical (unpaired) electrons. The zero-order valence-corrected chi connectivity index (χ0v) is 7.22. The molecule has 0 aromatic carbocycles. The summed E-state index contributed by atoms with van der Waals surface area (Å²) in [5.74, 6) is 0. The van der Waals surface area contributed by atoms with E-state index in [1.807, 2.05) is 30.6 Å². The third-order valence-corrected chi connectivity index (χ3v) is 1.90. The van der Waals surface area contributed by atoms with Crippen molar-refractivity contribution in [3.05, 3.63) is 48.4 Å². The van der Waals surface area contributed by atoms with E-state index in [-0.39, 0.29) is 0 Å². The van der Waals surface area contributed by atoms with Crippen LogP contribution >= 0.6 is 0 Å². The molecule has 13 heavy (non-hydrogen) atoms. The Morgan fingerprint density at radius 2 is 2.00 bits per heavy atom. The van der Waals surface area contributed by atoms with Crippen LogP contribution in [0.5, 0.6) is 0 Å². The number of rotatable bonds is 1. The maximum absolute atomic E-state index is 4.07. The second-order valence-corrected chi connectivity index (χ2v) is 2.78. The molecular formula is C11H10N2. The molecule has 0 aliphatic carbocycles. The Morgan fingerprint density at radius 3 is 2.85 bits per heavy atom. The van der Waals surface area contributed by atoms with Gasteiger partial charge in [0, 0.05) is 31.2 Å². The number of pyridine rings is 1. The van der Waals surface area contributed by atoms with Gasteiger partial charge in [0.15, 0.2) is 0 Å². The Kier molecular flexibility index (Phi) is 2.32. The zero-order chi connectivity index (χ0) is 8.93. The van der Waals surface area contributed by atoms with Crippen LogP contribution < -0.4 is 0 Å². The van der Waals surface area contributed by atoms with E-state index in [0.29, 0.717) is 0 Å². The average molecular weight is 170 g/mol. The number of allylic oxidation sites excluding steroid dienone is 3. The first-order valence-electron chi connectivity index (χ1n) is 4.25. The van der Waals surface area contributed by atoms with Crippen molar-refractivity contribution in [1.82, 2.24) is 4.98 Å². The van der Waals surface area contributed by atoms with E-state index >= 15 is 0 Å². The fraction of sp³-hybridized carbons (Fsp3) is 0.0909. The molecule has 2 heterocycles. The number of aromatic nitrogens is 1. The summed E-state index contributed by atoms with van der Waals surface area (Å²) in [7, 11) is 0. The third kappa shape index (κ3) is 1.90. The summed E-state index contributed by atoms with van der Waals surface area (Å²) in [6.45, 7) is 0. The molecule has 1 aliphatic heterocycles. The number of hydrogen-bond acceptors (Lipinski definition) is 2. The highest BCUT2D eigenvalue weighted by Crippen LogP contribution is 2.16. The quantitative estimate of drug-likeness (QED) is 0.635. The van der Waals surface area contributed by atoms with Gasteiger partial charge in [-0.3, -0.25) is 9.98 Å². The largest absolute Gasteiger partial charge is 0.269 e. The van der Waals surface area contributed by atoms with Gasteiger partial charge in [-0.2, -0.15) is 0 Å². The van der Waals surface area contributed by atoms with Crippen LogP contribution in [-0.4, -0.2) is 11.2 Å². The standard InChI is InChI=1S/C11H10N2/c1-2-10(3-7-12-6-1)11-4-8-13-9-5-11/h2-9H,1H2. The minimum absolute atomic E-state index is 0.894.